The SMILES string of the molecule is N#Cc1nnn(CCN2CCCC2)c1CCc1ccccc1. The number of hydrogen-bond acceptors (Lipinski definition) is 4. The summed E-state index contributed by atoms with van der Waals surface area (Å²) < 4.78 is 1.92. The standard InChI is InChI=1S/C17H21N5/c18-14-16-17(9-8-15-6-2-1-3-7-15)22(20-19-16)13-12-21-10-4-5-11-21/h1-3,6-7H,4-5,8-13H2. The van der Waals surface area contributed by atoms with Crippen LogP contribution in [0.3, 0.4) is 0 Å². The van der Waals surface area contributed by atoms with Gasteiger partial charge in [0, 0.05) is 6.54 Å². The molecule has 0 bridgehead atoms. The molecule has 22 heavy (non-hydrogen) atoms. The molecule has 114 valence electrons. The summed E-state index contributed by atoms with van der Waals surface area (Å²) in [5, 5.41) is 17.4. The van der Waals surface area contributed by atoms with E-state index in [0.29, 0.717) is 5.69 Å². The van der Waals surface area contributed by atoms with E-state index < -0.39 is 0 Å². The second-order valence-electron chi connectivity index (χ2n) is 5.75. The minimum atomic E-state index is 0.470. The normalized spacial score (nSPS) is 15.0. The predicted molar refractivity (Wildman–Crippen MR) is 84.3 cm³/mol. The molecule has 0 saturated carbocycles. The van der Waals surface area contributed by atoms with Gasteiger partial charge in [-0.3, -0.25) is 0 Å². The van der Waals surface area contributed by atoms with E-state index in [1.54, 1.807) is 0 Å². The van der Waals surface area contributed by atoms with Crippen LogP contribution in [0.15, 0.2) is 30.3 Å². The van der Waals surface area contributed by atoms with Crippen LogP contribution in [-0.4, -0.2) is 39.5 Å². The minimum absolute atomic E-state index is 0.470. The molecule has 0 N–H and O–H groups in total. The van der Waals surface area contributed by atoms with E-state index >= 15 is 0 Å². The first-order chi connectivity index (χ1) is 10.9. The highest BCUT2D eigenvalue weighted by atomic mass is 15.4. The molecule has 0 radical (unpaired) electrons. The van der Waals surface area contributed by atoms with Crippen molar-refractivity contribution in [2.75, 3.05) is 19.6 Å². The lowest BCUT2D eigenvalue weighted by atomic mass is 10.1. The van der Waals surface area contributed by atoms with Crippen LogP contribution in [0.4, 0.5) is 0 Å². The van der Waals surface area contributed by atoms with Crippen LogP contribution < -0.4 is 0 Å². The molecule has 0 amide bonds. The van der Waals surface area contributed by atoms with Crippen LogP contribution in [0.1, 0.15) is 29.8 Å². The van der Waals surface area contributed by atoms with Gasteiger partial charge in [0.05, 0.1) is 12.2 Å². The third-order valence-electron chi connectivity index (χ3n) is 4.26. The lowest BCUT2D eigenvalue weighted by molar-refractivity contribution is 0.312. The minimum Gasteiger partial charge on any atom is -0.301 e. The smallest absolute Gasteiger partial charge is 0.185 e. The Labute approximate surface area is 131 Å². The largest absolute Gasteiger partial charge is 0.301 e. The quantitative estimate of drug-likeness (QED) is 0.818. The van der Waals surface area contributed by atoms with Crippen molar-refractivity contribution >= 4 is 0 Å². The van der Waals surface area contributed by atoms with Crippen LogP contribution >= 0.6 is 0 Å². The Hall–Kier alpha value is -2.19. The highest BCUT2D eigenvalue weighted by Crippen LogP contribution is 2.12. The molecule has 0 unspecified atom stereocenters. The summed E-state index contributed by atoms with van der Waals surface area (Å²) in [5.41, 5.74) is 2.71. The number of aryl methyl sites for hydroxylation is 1. The van der Waals surface area contributed by atoms with Crippen molar-refractivity contribution in [3.05, 3.63) is 47.3 Å². The summed E-state index contributed by atoms with van der Waals surface area (Å²) in [6.45, 7) is 4.17. The third-order valence-corrected chi connectivity index (χ3v) is 4.26. The highest BCUT2D eigenvalue weighted by molar-refractivity contribution is 5.26. The van der Waals surface area contributed by atoms with Gasteiger partial charge in [0.1, 0.15) is 6.07 Å². The summed E-state index contributed by atoms with van der Waals surface area (Å²) in [5.74, 6) is 0. The zero-order valence-electron chi connectivity index (χ0n) is 12.8. The molecule has 0 spiro atoms. The van der Waals surface area contributed by atoms with Crippen LogP contribution in [0.25, 0.3) is 0 Å². The molecule has 1 aromatic carbocycles. The second kappa shape index (κ2) is 7.19. The van der Waals surface area contributed by atoms with Crippen LogP contribution in [0.2, 0.25) is 0 Å². The third kappa shape index (κ3) is 3.52. The second-order valence-corrected chi connectivity index (χ2v) is 5.75. The van der Waals surface area contributed by atoms with Crippen molar-refractivity contribution < 1.29 is 0 Å². The zero-order chi connectivity index (χ0) is 15.2. The van der Waals surface area contributed by atoms with Gasteiger partial charge >= 0.3 is 0 Å². The van der Waals surface area contributed by atoms with E-state index in [1.807, 2.05) is 22.9 Å². The Morgan fingerprint density at radius 2 is 1.82 bits per heavy atom. The fourth-order valence-electron chi connectivity index (χ4n) is 3.00. The number of aromatic nitrogens is 3. The maximum absolute atomic E-state index is 9.23. The van der Waals surface area contributed by atoms with Gasteiger partial charge in [-0.05, 0) is 44.3 Å². The molecule has 3 rings (SSSR count). The molecule has 0 aliphatic carbocycles. The van der Waals surface area contributed by atoms with Crippen LogP contribution in [0, 0.1) is 11.3 Å². The van der Waals surface area contributed by atoms with E-state index in [-0.39, 0.29) is 0 Å². The molecule has 0 atom stereocenters. The van der Waals surface area contributed by atoms with Crippen molar-refractivity contribution in [1.82, 2.24) is 19.9 Å². The predicted octanol–water partition coefficient (Wildman–Crippen LogP) is 2.03. The van der Waals surface area contributed by atoms with Crippen molar-refractivity contribution in [3.63, 3.8) is 0 Å². The molecule has 1 aromatic heterocycles. The number of nitriles is 1. The number of likely N-dealkylation sites (tertiary alicyclic amines) is 1. The first-order valence-corrected chi connectivity index (χ1v) is 7.95. The van der Waals surface area contributed by atoms with Gasteiger partial charge in [0.2, 0.25) is 0 Å². The summed E-state index contributed by atoms with van der Waals surface area (Å²) in [7, 11) is 0. The molecule has 2 aromatic rings. The summed E-state index contributed by atoms with van der Waals surface area (Å²) >= 11 is 0. The van der Waals surface area contributed by atoms with E-state index in [0.717, 1.165) is 31.6 Å². The molecular weight excluding hydrogens is 274 g/mol. The number of rotatable bonds is 6. The van der Waals surface area contributed by atoms with E-state index in [1.165, 1.54) is 31.5 Å². The van der Waals surface area contributed by atoms with Gasteiger partial charge < -0.3 is 4.90 Å². The number of nitrogens with zero attached hydrogens (tertiary/aromatic N) is 5. The van der Waals surface area contributed by atoms with E-state index in [2.05, 4.69) is 33.4 Å². The first kappa shape index (κ1) is 14.7. The Morgan fingerprint density at radius 3 is 2.55 bits per heavy atom. The molecular formula is C17H21N5. The molecule has 1 aliphatic rings. The van der Waals surface area contributed by atoms with Crippen molar-refractivity contribution in [3.8, 4) is 6.07 Å². The van der Waals surface area contributed by atoms with Crippen molar-refractivity contribution in [2.24, 2.45) is 0 Å². The highest BCUT2D eigenvalue weighted by Gasteiger charge is 2.15. The number of benzene rings is 1. The Balaban J connectivity index is 1.65. The first-order valence-electron chi connectivity index (χ1n) is 7.95. The lowest BCUT2D eigenvalue weighted by Crippen LogP contribution is -2.25. The van der Waals surface area contributed by atoms with Gasteiger partial charge in [0.15, 0.2) is 5.69 Å². The van der Waals surface area contributed by atoms with Crippen molar-refractivity contribution in [2.45, 2.75) is 32.2 Å². The Bertz CT molecular complexity index is 635. The molecule has 1 saturated heterocycles. The van der Waals surface area contributed by atoms with Gasteiger partial charge in [0.25, 0.3) is 0 Å². The topological polar surface area (TPSA) is 57.7 Å². The Morgan fingerprint density at radius 1 is 1.05 bits per heavy atom. The lowest BCUT2D eigenvalue weighted by Gasteiger charge is -2.15. The molecule has 1 fully saturated rings. The van der Waals surface area contributed by atoms with Gasteiger partial charge in [-0.2, -0.15) is 5.26 Å². The van der Waals surface area contributed by atoms with Crippen LogP contribution in [0.5, 0.6) is 0 Å². The molecule has 2 heterocycles. The summed E-state index contributed by atoms with van der Waals surface area (Å²) in [4.78, 5) is 2.45. The van der Waals surface area contributed by atoms with Gasteiger partial charge in [-0.15, -0.1) is 5.10 Å². The van der Waals surface area contributed by atoms with Gasteiger partial charge in [-0.25, -0.2) is 4.68 Å². The van der Waals surface area contributed by atoms with Crippen molar-refractivity contribution in [1.29, 1.82) is 5.26 Å². The summed E-state index contributed by atoms with van der Waals surface area (Å²) in [6.07, 6.45) is 4.30. The maximum atomic E-state index is 9.23. The van der Waals surface area contributed by atoms with E-state index in [4.69, 9.17) is 0 Å². The maximum Gasteiger partial charge on any atom is 0.185 e. The molecule has 5 nitrogen and oxygen atoms in total. The number of hydrogen-bond donors (Lipinski definition) is 0. The molecule has 1 aliphatic heterocycles. The average molecular weight is 295 g/mol. The summed E-state index contributed by atoms with van der Waals surface area (Å²) in [6, 6.07) is 12.5. The Kier molecular flexibility index (Phi) is 4.81. The monoisotopic (exact) mass is 295 g/mol. The average Bonchev–Trinajstić information content (AvgIpc) is 3.21. The van der Waals surface area contributed by atoms with Crippen LogP contribution in [-0.2, 0) is 19.4 Å². The molecule has 5 heteroatoms. The fraction of sp³-hybridized carbons (Fsp3) is 0.471. The van der Waals surface area contributed by atoms with Gasteiger partial charge in [-0.1, -0.05) is 35.5 Å². The zero-order valence-corrected chi connectivity index (χ0v) is 12.8. The van der Waals surface area contributed by atoms with E-state index in [9.17, 15) is 5.26 Å². The fourth-order valence-corrected chi connectivity index (χ4v) is 3.00.